The second kappa shape index (κ2) is 8.50. The zero-order valence-electron chi connectivity index (χ0n) is 14.7. The van der Waals surface area contributed by atoms with E-state index in [1.54, 1.807) is 6.08 Å². The van der Waals surface area contributed by atoms with Crippen molar-refractivity contribution in [1.82, 2.24) is 9.80 Å². The molecule has 0 aromatic heterocycles. The lowest BCUT2D eigenvalue weighted by atomic mass is 10.1. The van der Waals surface area contributed by atoms with Gasteiger partial charge in [0.05, 0.1) is 0 Å². The summed E-state index contributed by atoms with van der Waals surface area (Å²) in [5.74, 6) is 0.0749. The molecule has 1 saturated heterocycles. The van der Waals surface area contributed by atoms with Crippen molar-refractivity contribution in [3.05, 3.63) is 70.3 Å². The Hall–Kier alpha value is -1.84. The first-order valence-electron chi connectivity index (χ1n) is 8.92. The predicted octanol–water partition coefficient (Wildman–Crippen LogP) is 4.04. The van der Waals surface area contributed by atoms with Crippen LogP contribution in [-0.2, 0) is 11.3 Å². The summed E-state index contributed by atoms with van der Waals surface area (Å²) in [7, 11) is 0. The molecule has 0 N–H and O–H groups in total. The van der Waals surface area contributed by atoms with Crippen LogP contribution in [0.15, 0.2) is 59.2 Å². The third-order valence-corrected chi connectivity index (χ3v) is 5.16. The van der Waals surface area contributed by atoms with Gasteiger partial charge in [0.25, 0.3) is 0 Å². The maximum Gasteiger partial charge on any atom is 0.246 e. The van der Waals surface area contributed by atoms with E-state index in [0.29, 0.717) is 0 Å². The van der Waals surface area contributed by atoms with Gasteiger partial charge in [0, 0.05) is 43.8 Å². The molecule has 132 valence electrons. The number of nitrogens with zero attached hydrogens (tertiary/aromatic N) is 2. The molecule has 1 fully saturated rings. The fourth-order valence-electron chi connectivity index (χ4n) is 3.15. The summed E-state index contributed by atoms with van der Waals surface area (Å²) in [5, 5.41) is 0.842. The van der Waals surface area contributed by atoms with Gasteiger partial charge in [-0.15, -0.1) is 0 Å². The van der Waals surface area contributed by atoms with Crippen molar-refractivity contribution in [2.75, 3.05) is 26.2 Å². The minimum Gasteiger partial charge on any atom is -0.337 e. The number of carbonyl (C=O) groups excluding carboxylic acids is 1. The molecule has 3 nitrogen and oxygen atoms in total. The largest absolute Gasteiger partial charge is 0.337 e. The number of allylic oxidation sites excluding steroid dienone is 5. The zero-order valence-corrected chi connectivity index (χ0v) is 15.5. The Bertz CT molecular complexity index is 695. The molecule has 0 radical (unpaired) electrons. The highest BCUT2D eigenvalue weighted by Crippen LogP contribution is 2.23. The Morgan fingerprint density at radius 2 is 1.88 bits per heavy atom. The summed E-state index contributed by atoms with van der Waals surface area (Å²) in [6, 6.07) is 8.67. The fraction of sp³-hybridized carbons (Fsp3) is 0.381. The Labute approximate surface area is 155 Å². The van der Waals surface area contributed by atoms with E-state index in [1.807, 2.05) is 17.1 Å². The first kappa shape index (κ1) is 18.0. The predicted molar refractivity (Wildman–Crippen MR) is 103 cm³/mol. The second-order valence-electron chi connectivity index (χ2n) is 6.72. The molecule has 1 aliphatic carbocycles. The summed E-state index contributed by atoms with van der Waals surface area (Å²) in [4.78, 5) is 16.7. The van der Waals surface area contributed by atoms with Gasteiger partial charge in [0.1, 0.15) is 0 Å². The summed E-state index contributed by atoms with van der Waals surface area (Å²) >= 11 is 6.20. The van der Waals surface area contributed by atoms with Crippen LogP contribution in [0.5, 0.6) is 0 Å². The number of hydrogen-bond donors (Lipinski definition) is 0. The maximum atomic E-state index is 12.4. The van der Waals surface area contributed by atoms with Gasteiger partial charge in [-0.05, 0) is 37.0 Å². The number of piperazine rings is 1. The van der Waals surface area contributed by atoms with E-state index in [-0.39, 0.29) is 5.91 Å². The van der Waals surface area contributed by atoms with Gasteiger partial charge >= 0.3 is 0 Å². The maximum absolute atomic E-state index is 12.4. The van der Waals surface area contributed by atoms with E-state index < -0.39 is 0 Å². The van der Waals surface area contributed by atoms with Gasteiger partial charge in [-0.25, -0.2) is 0 Å². The summed E-state index contributed by atoms with van der Waals surface area (Å²) in [6.45, 7) is 6.43. The molecule has 1 aromatic carbocycles. The molecule has 25 heavy (non-hydrogen) atoms. The van der Waals surface area contributed by atoms with Crippen LogP contribution < -0.4 is 0 Å². The highest BCUT2D eigenvalue weighted by Gasteiger charge is 2.19. The van der Waals surface area contributed by atoms with Crippen LogP contribution in [0.2, 0.25) is 0 Å². The SMILES string of the molecule is Cc1ccc(CN2CCN(C(=O)/C=C/C3=C(Cl)CCC=C3)CC2)cc1. The molecule has 0 saturated carbocycles. The standard InChI is InChI=1S/C21H25ClN2O/c1-17-6-8-18(9-7-17)16-23-12-14-24(15-13-23)21(25)11-10-19-4-2-3-5-20(19)22/h2,4,6-11H,3,5,12-16H2,1H3/b11-10+. The lowest BCUT2D eigenvalue weighted by molar-refractivity contribution is -0.127. The third kappa shape index (κ3) is 5.07. The minimum absolute atomic E-state index is 0.0749. The molecule has 4 heteroatoms. The number of aryl methyl sites for hydroxylation is 1. The smallest absolute Gasteiger partial charge is 0.246 e. The topological polar surface area (TPSA) is 23.6 Å². The van der Waals surface area contributed by atoms with Gasteiger partial charge in [-0.2, -0.15) is 0 Å². The van der Waals surface area contributed by atoms with Gasteiger partial charge in [0.2, 0.25) is 5.91 Å². The Kier molecular flexibility index (Phi) is 6.11. The van der Waals surface area contributed by atoms with Crippen LogP contribution in [0.4, 0.5) is 0 Å². The highest BCUT2D eigenvalue weighted by atomic mass is 35.5. The molecule has 1 aliphatic heterocycles. The van der Waals surface area contributed by atoms with Crippen LogP contribution in [0.1, 0.15) is 24.0 Å². The molecule has 3 rings (SSSR count). The Morgan fingerprint density at radius 3 is 2.56 bits per heavy atom. The molecular formula is C21H25ClN2O. The van der Waals surface area contributed by atoms with Crippen LogP contribution in [0.3, 0.4) is 0 Å². The first-order chi connectivity index (χ1) is 12.1. The number of amides is 1. The van der Waals surface area contributed by atoms with Crippen molar-refractivity contribution < 1.29 is 4.79 Å². The second-order valence-corrected chi connectivity index (χ2v) is 7.18. The van der Waals surface area contributed by atoms with Crippen LogP contribution in [0.25, 0.3) is 0 Å². The van der Waals surface area contributed by atoms with Gasteiger partial charge in [-0.3, -0.25) is 9.69 Å². The molecular weight excluding hydrogens is 332 g/mol. The van der Waals surface area contributed by atoms with Crippen molar-refractivity contribution in [2.45, 2.75) is 26.3 Å². The number of benzene rings is 1. The lowest BCUT2D eigenvalue weighted by Crippen LogP contribution is -2.47. The van der Waals surface area contributed by atoms with Crippen LogP contribution in [0, 0.1) is 6.92 Å². The molecule has 0 atom stereocenters. The van der Waals surface area contributed by atoms with Crippen molar-refractivity contribution in [3.8, 4) is 0 Å². The minimum atomic E-state index is 0.0749. The van der Waals surface area contributed by atoms with E-state index in [0.717, 1.165) is 56.2 Å². The average Bonchev–Trinajstić information content (AvgIpc) is 2.63. The summed E-state index contributed by atoms with van der Waals surface area (Å²) in [5.41, 5.74) is 3.57. The summed E-state index contributed by atoms with van der Waals surface area (Å²) in [6.07, 6.45) is 9.44. The number of rotatable bonds is 4. The fourth-order valence-corrected chi connectivity index (χ4v) is 3.38. The van der Waals surface area contributed by atoms with Gasteiger partial charge < -0.3 is 4.90 Å². The van der Waals surface area contributed by atoms with Crippen molar-refractivity contribution in [1.29, 1.82) is 0 Å². The zero-order chi connectivity index (χ0) is 17.6. The molecule has 0 spiro atoms. The monoisotopic (exact) mass is 356 g/mol. The van der Waals surface area contributed by atoms with Crippen molar-refractivity contribution in [2.24, 2.45) is 0 Å². The molecule has 2 aliphatic rings. The third-order valence-electron chi connectivity index (χ3n) is 4.76. The average molecular weight is 357 g/mol. The number of halogens is 1. The molecule has 1 aromatic rings. The van der Waals surface area contributed by atoms with E-state index in [1.165, 1.54) is 11.1 Å². The van der Waals surface area contributed by atoms with E-state index in [2.05, 4.69) is 42.2 Å². The van der Waals surface area contributed by atoms with E-state index >= 15 is 0 Å². The number of hydrogen-bond acceptors (Lipinski definition) is 2. The van der Waals surface area contributed by atoms with Gasteiger partial charge in [-0.1, -0.05) is 53.6 Å². The molecule has 1 amide bonds. The van der Waals surface area contributed by atoms with Crippen LogP contribution >= 0.6 is 11.6 Å². The molecule has 1 heterocycles. The first-order valence-corrected chi connectivity index (χ1v) is 9.30. The highest BCUT2D eigenvalue weighted by molar-refractivity contribution is 6.30. The van der Waals surface area contributed by atoms with Gasteiger partial charge in [0.15, 0.2) is 0 Å². The lowest BCUT2D eigenvalue weighted by Gasteiger charge is -2.34. The number of carbonyl (C=O) groups is 1. The van der Waals surface area contributed by atoms with Crippen molar-refractivity contribution >= 4 is 17.5 Å². The molecule has 0 unspecified atom stereocenters. The van der Waals surface area contributed by atoms with Crippen molar-refractivity contribution in [3.63, 3.8) is 0 Å². The van der Waals surface area contributed by atoms with E-state index in [9.17, 15) is 4.79 Å². The normalized spacial score (nSPS) is 19.0. The summed E-state index contributed by atoms with van der Waals surface area (Å²) < 4.78 is 0. The van der Waals surface area contributed by atoms with Crippen LogP contribution in [-0.4, -0.2) is 41.9 Å². The van der Waals surface area contributed by atoms with E-state index in [4.69, 9.17) is 11.6 Å². The Balaban J connectivity index is 1.49. The Morgan fingerprint density at radius 1 is 1.16 bits per heavy atom. The molecule has 0 bridgehead atoms. The quantitative estimate of drug-likeness (QED) is 0.760.